The summed E-state index contributed by atoms with van der Waals surface area (Å²) < 4.78 is 19.1. The van der Waals surface area contributed by atoms with Gasteiger partial charge in [-0.15, -0.1) is 0 Å². The van der Waals surface area contributed by atoms with Crippen molar-refractivity contribution in [2.24, 2.45) is 0 Å². The number of methoxy groups -OCH3 is 1. The van der Waals surface area contributed by atoms with Gasteiger partial charge in [-0.1, -0.05) is 25.7 Å². The first-order chi connectivity index (χ1) is 14.2. The quantitative estimate of drug-likeness (QED) is 0.692. The van der Waals surface area contributed by atoms with Gasteiger partial charge >= 0.3 is 0 Å². The molecule has 0 radical (unpaired) electrons. The number of nitrogens with zero attached hydrogens (tertiary/aromatic N) is 4. The Balaban J connectivity index is 1.57. The van der Waals surface area contributed by atoms with Crippen molar-refractivity contribution in [3.63, 3.8) is 0 Å². The molecule has 1 aromatic carbocycles. The largest absolute Gasteiger partial charge is 0.494 e. The van der Waals surface area contributed by atoms with Gasteiger partial charge in [0.25, 0.3) is 0 Å². The minimum Gasteiger partial charge on any atom is -0.494 e. The molecular formula is C21H29FN6O. The van der Waals surface area contributed by atoms with Gasteiger partial charge in [-0.2, -0.15) is 15.0 Å². The van der Waals surface area contributed by atoms with Crippen molar-refractivity contribution in [2.75, 3.05) is 35.7 Å². The normalized spacial score (nSPS) is 17.8. The zero-order valence-electron chi connectivity index (χ0n) is 17.0. The van der Waals surface area contributed by atoms with Crippen molar-refractivity contribution in [2.45, 2.75) is 57.4 Å². The fraction of sp³-hybridized carbons (Fsp3) is 0.571. The monoisotopic (exact) mass is 400 g/mol. The number of hydrogen-bond acceptors (Lipinski definition) is 7. The lowest BCUT2D eigenvalue weighted by Gasteiger charge is -2.20. The molecule has 0 spiro atoms. The molecule has 1 aliphatic heterocycles. The summed E-state index contributed by atoms with van der Waals surface area (Å²) in [5.74, 6) is 1.46. The van der Waals surface area contributed by atoms with Gasteiger partial charge in [0.1, 0.15) is 0 Å². The van der Waals surface area contributed by atoms with Crippen LogP contribution in [-0.2, 0) is 0 Å². The zero-order chi connectivity index (χ0) is 20.1. The summed E-state index contributed by atoms with van der Waals surface area (Å²) in [5, 5.41) is 6.64. The van der Waals surface area contributed by atoms with Gasteiger partial charge in [-0.05, 0) is 37.8 Å². The van der Waals surface area contributed by atoms with Crippen LogP contribution in [0.4, 0.5) is 27.9 Å². The Bertz CT molecular complexity index is 819. The van der Waals surface area contributed by atoms with E-state index < -0.39 is 5.82 Å². The maximum absolute atomic E-state index is 14.1. The van der Waals surface area contributed by atoms with Crippen LogP contribution in [0.15, 0.2) is 18.2 Å². The molecule has 2 aliphatic rings. The second-order valence-electron chi connectivity index (χ2n) is 7.78. The Morgan fingerprint density at radius 1 is 0.966 bits per heavy atom. The average molecular weight is 401 g/mol. The summed E-state index contributed by atoms with van der Waals surface area (Å²) in [6.45, 7) is 1.90. The molecule has 156 valence electrons. The highest BCUT2D eigenvalue weighted by Gasteiger charge is 2.20. The van der Waals surface area contributed by atoms with Crippen molar-refractivity contribution in [3.8, 4) is 5.75 Å². The summed E-state index contributed by atoms with van der Waals surface area (Å²) in [7, 11) is 1.45. The summed E-state index contributed by atoms with van der Waals surface area (Å²) in [6.07, 6.45) is 9.62. The Kier molecular flexibility index (Phi) is 6.27. The molecule has 4 rings (SSSR count). The van der Waals surface area contributed by atoms with Gasteiger partial charge in [-0.25, -0.2) is 4.39 Å². The number of hydrogen-bond donors (Lipinski definition) is 2. The Hall–Kier alpha value is -2.64. The first-order valence-corrected chi connectivity index (χ1v) is 10.6. The molecule has 1 saturated carbocycles. The molecule has 8 heteroatoms. The van der Waals surface area contributed by atoms with Gasteiger partial charge in [0.15, 0.2) is 11.6 Å². The van der Waals surface area contributed by atoms with E-state index in [4.69, 9.17) is 4.74 Å². The molecule has 29 heavy (non-hydrogen) atoms. The molecule has 1 aliphatic carbocycles. The van der Waals surface area contributed by atoms with Crippen LogP contribution in [0.5, 0.6) is 5.75 Å². The molecule has 0 atom stereocenters. The van der Waals surface area contributed by atoms with Crippen LogP contribution in [0.3, 0.4) is 0 Å². The fourth-order valence-corrected chi connectivity index (χ4v) is 4.02. The lowest BCUT2D eigenvalue weighted by molar-refractivity contribution is 0.386. The van der Waals surface area contributed by atoms with E-state index in [1.807, 2.05) is 0 Å². The molecule has 0 amide bonds. The number of nitrogens with one attached hydrogen (secondary N) is 2. The van der Waals surface area contributed by atoms with E-state index in [1.54, 1.807) is 12.1 Å². The van der Waals surface area contributed by atoms with Crippen molar-refractivity contribution < 1.29 is 9.13 Å². The summed E-state index contributed by atoms with van der Waals surface area (Å²) >= 11 is 0. The number of anilines is 4. The van der Waals surface area contributed by atoms with E-state index in [-0.39, 0.29) is 5.75 Å². The highest BCUT2D eigenvalue weighted by Crippen LogP contribution is 2.26. The molecule has 2 N–H and O–H groups in total. The van der Waals surface area contributed by atoms with E-state index in [1.165, 1.54) is 38.9 Å². The maximum atomic E-state index is 14.1. The number of ether oxygens (including phenoxy) is 1. The molecule has 1 aromatic heterocycles. The fourth-order valence-electron chi connectivity index (χ4n) is 4.02. The van der Waals surface area contributed by atoms with Gasteiger partial charge in [0.2, 0.25) is 17.8 Å². The first kappa shape index (κ1) is 19.7. The summed E-state index contributed by atoms with van der Waals surface area (Å²) in [5.41, 5.74) is 0.572. The molecule has 2 heterocycles. The van der Waals surface area contributed by atoms with Crippen molar-refractivity contribution in [3.05, 3.63) is 24.0 Å². The van der Waals surface area contributed by atoms with Crippen LogP contribution in [-0.4, -0.2) is 41.2 Å². The molecule has 2 fully saturated rings. The van der Waals surface area contributed by atoms with Gasteiger partial charge in [-0.3, -0.25) is 0 Å². The van der Waals surface area contributed by atoms with E-state index in [0.29, 0.717) is 29.6 Å². The minimum absolute atomic E-state index is 0.208. The number of halogens is 1. The van der Waals surface area contributed by atoms with Crippen LogP contribution in [0.25, 0.3) is 0 Å². The summed E-state index contributed by atoms with van der Waals surface area (Å²) in [4.78, 5) is 16.0. The van der Waals surface area contributed by atoms with Crippen molar-refractivity contribution in [1.82, 2.24) is 15.0 Å². The first-order valence-electron chi connectivity index (χ1n) is 10.6. The third kappa shape index (κ3) is 5.05. The third-order valence-electron chi connectivity index (χ3n) is 5.61. The topological polar surface area (TPSA) is 75.2 Å². The van der Waals surface area contributed by atoms with E-state index >= 15 is 0 Å². The van der Waals surface area contributed by atoms with Gasteiger partial charge in [0, 0.05) is 30.9 Å². The predicted octanol–water partition coefficient (Wildman–Crippen LogP) is 4.50. The average Bonchev–Trinajstić information content (AvgIpc) is 3.14. The second kappa shape index (κ2) is 9.24. The molecule has 1 saturated heterocycles. The smallest absolute Gasteiger partial charge is 0.233 e. The molecular weight excluding hydrogens is 371 g/mol. The van der Waals surface area contributed by atoms with Crippen molar-refractivity contribution in [1.29, 1.82) is 0 Å². The minimum atomic E-state index is -0.428. The highest BCUT2D eigenvalue weighted by molar-refractivity contribution is 5.57. The van der Waals surface area contributed by atoms with Crippen LogP contribution >= 0.6 is 0 Å². The van der Waals surface area contributed by atoms with Crippen molar-refractivity contribution >= 4 is 23.5 Å². The third-order valence-corrected chi connectivity index (χ3v) is 5.61. The Labute approximate surface area is 171 Å². The SMILES string of the molecule is COc1ccc(Nc2nc(NC3CCCCCC3)nc(N3CCCC3)n2)cc1F. The van der Waals surface area contributed by atoms with E-state index in [2.05, 4.69) is 30.5 Å². The zero-order valence-corrected chi connectivity index (χ0v) is 17.0. The predicted molar refractivity (Wildman–Crippen MR) is 113 cm³/mol. The van der Waals surface area contributed by atoms with Crippen LogP contribution in [0, 0.1) is 5.82 Å². The Morgan fingerprint density at radius 2 is 1.69 bits per heavy atom. The number of benzene rings is 1. The maximum Gasteiger partial charge on any atom is 0.233 e. The Morgan fingerprint density at radius 3 is 2.38 bits per heavy atom. The lowest BCUT2D eigenvalue weighted by atomic mass is 10.1. The molecule has 2 aromatic rings. The van der Waals surface area contributed by atoms with Crippen LogP contribution < -0.4 is 20.3 Å². The van der Waals surface area contributed by atoms with E-state index in [0.717, 1.165) is 38.8 Å². The highest BCUT2D eigenvalue weighted by atomic mass is 19.1. The van der Waals surface area contributed by atoms with Crippen LogP contribution in [0.2, 0.25) is 0 Å². The second-order valence-corrected chi connectivity index (χ2v) is 7.78. The lowest BCUT2D eigenvalue weighted by Crippen LogP contribution is -2.24. The van der Waals surface area contributed by atoms with Gasteiger partial charge in [0.05, 0.1) is 7.11 Å². The molecule has 7 nitrogen and oxygen atoms in total. The standard InChI is InChI=1S/C21H29FN6O/c1-29-18-11-10-16(14-17(18)22)24-20-25-19(23-15-8-4-2-3-5-9-15)26-21(27-20)28-12-6-7-13-28/h10-11,14-15H,2-9,12-13H2,1H3,(H2,23,24,25,26,27). The number of rotatable bonds is 6. The summed E-state index contributed by atoms with van der Waals surface area (Å²) in [6, 6.07) is 5.11. The van der Waals surface area contributed by atoms with Gasteiger partial charge < -0.3 is 20.3 Å². The molecule has 0 unspecified atom stereocenters. The molecule has 0 bridgehead atoms. The van der Waals surface area contributed by atoms with Crippen LogP contribution in [0.1, 0.15) is 51.4 Å². The number of aromatic nitrogens is 3. The van der Waals surface area contributed by atoms with E-state index in [9.17, 15) is 4.39 Å².